The molecule has 3 rings (SSSR count). The third-order valence-electron chi connectivity index (χ3n) is 3.27. The summed E-state index contributed by atoms with van der Waals surface area (Å²) in [6.07, 6.45) is 1.56. The van der Waals surface area contributed by atoms with E-state index in [4.69, 9.17) is 0 Å². The zero-order valence-corrected chi connectivity index (χ0v) is 12.4. The summed E-state index contributed by atoms with van der Waals surface area (Å²) < 4.78 is 4.68. The van der Waals surface area contributed by atoms with Crippen molar-refractivity contribution in [3.63, 3.8) is 0 Å². The molecular weight excluding hydrogens is 316 g/mol. The quantitative estimate of drug-likeness (QED) is 0.660. The number of aromatic nitrogens is 3. The van der Waals surface area contributed by atoms with Crippen molar-refractivity contribution in [3.05, 3.63) is 30.5 Å². The van der Waals surface area contributed by atoms with Crippen LogP contribution in [0, 0.1) is 5.92 Å². The molecule has 0 bridgehead atoms. The summed E-state index contributed by atoms with van der Waals surface area (Å²) in [5.41, 5.74) is 1.87. The van der Waals surface area contributed by atoms with E-state index in [2.05, 4.69) is 35.8 Å². The molecule has 1 aliphatic heterocycles. The zero-order valence-electron chi connectivity index (χ0n) is 12.4. The van der Waals surface area contributed by atoms with Crippen molar-refractivity contribution < 1.29 is 19.1 Å². The number of amidine groups is 1. The number of benzene rings is 1. The Morgan fingerprint density at radius 2 is 2.00 bits per heavy atom. The molecule has 0 spiro atoms. The lowest BCUT2D eigenvalue weighted by Crippen LogP contribution is -2.49. The highest BCUT2D eigenvalue weighted by Crippen LogP contribution is 2.19. The number of carbonyl (C=O) groups is 3. The van der Waals surface area contributed by atoms with Crippen molar-refractivity contribution in [2.45, 2.75) is 0 Å². The van der Waals surface area contributed by atoms with E-state index < -0.39 is 23.6 Å². The summed E-state index contributed by atoms with van der Waals surface area (Å²) in [5, 5.41) is 14.9. The molecule has 1 aromatic carbocycles. The smallest absolute Gasteiger partial charge is 0.299 e. The first-order chi connectivity index (χ1) is 11.6. The number of anilines is 1. The van der Waals surface area contributed by atoms with Crippen molar-refractivity contribution in [1.82, 2.24) is 20.7 Å². The molecule has 1 atom stereocenters. The Morgan fingerprint density at radius 1 is 1.25 bits per heavy atom. The van der Waals surface area contributed by atoms with Gasteiger partial charge < -0.3 is 10.1 Å². The number of nitrogens with one attached hydrogen (secondary N) is 3. The van der Waals surface area contributed by atoms with E-state index in [1.54, 1.807) is 30.5 Å². The number of carbonyl (C=O) groups excluding carboxylic acids is 3. The van der Waals surface area contributed by atoms with Crippen LogP contribution < -0.4 is 10.6 Å². The number of rotatable bonds is 3. The maximum Gasteiger partial charge on any atom is 0.299 e. The van der Waals surface area contributed by atoms with Crippen LogP contribution in [0.5, 0.6) is 0 Å². The van der Waals surface area contributed by atoms with Gasteiger partial charge >= 0.3 is 0 Å². The number of nitrogens with zero attached hydrogens (tertiary/aromatic N) is 3. The predicted octanol–water partition coefficient (Wildman–Crippen LogP) is -0.315. The Bertz CT molecular complexity index is 812. The summed E-state index contributed by atoms with van der Waals surface area (Å²) in [5.74, 6) is -4.00. The second-order valence-corrected chi connectivity index (χ2v) is 4.80. The average Bonchev–Trinajstić information content (AvgIpc) is 3.09. The minimum absolute atomic E-state index is 0.231. The molecule has 3 amide bonds. The topological polar surface area (TPSA) is 138 Å². The molecule has 2 aromatic rings. The molecule has 0 saturated heterocycles. The highest BCUT2D eigenvalue weighted by molar-refractivity contribution is 6.26. The fourth-order valence-electron chi connectivity index (χ4n) is 2.09. The molecule has 10 heteroatoms. The van der Waals surface area contributed by atoms with Crippen molar-refractivity contribution in [2.75, 3.05) is 12.4 Å². The van der Waals surface area contributed by atoms with Crippen LogP contribution in [0.1, 0.15) is 0 Å². The number of methoxy groups -OCH3 is 1. The molecule has 0 saturated carbocycles. The van der Waals surface area contributed by atoms with Gasteiger partial charge in [0.2, 0.25) is 11.8 Å². The van der Waals surface area contributed by atoms with Gasteiger partial charge in [-0.3, -0.25) is 19.7 Å². The van der Waals surface area contributed by atoms with Crippen LogP contribution in [0.2, 0.25) is 0 Å². The molecular formula is C14H12N6O4. The number of ether oxygens (including phenoxy) is 1. The van der Waals surface area contributed by atoms with Gasteiger partial charge in [-0.2, -0.15) is 20.4 Å². The minimum atomic E-state index is -1.56. The molecule has 0 fully saturated rings. The van der Waals surface area contributed by atoms with Crippen molar-refractivity contribution in [2.24, 2.45) is 10.9 Å². The molecule has 0 radical (unpaired) electrons. The first-order valence-electron chi connectivity index (χ1n) is 6.83. The van der Waals surface area contributed by atoms with E-state index in [0.29, 0.717) is 11.4 Å². The van der Waals surface area contributed by atoms with Crippen molar-refractivity contribution >= 4 is 29.4 Å². The Labute approximate surface area is 135 Å². The SMILES string of the molecule is COC1=NC(=O)C(C(=O)Nc2ccc(-c3cn[nH]n3)cc2)C(=O)N1. The molecule has 10 nitrogen and oxygen atoms in total. The zero-order chi connectivity index (χ0) is 17.1. The lowest BCUT2D eigenvalue weighted by atomic mass is 10.1. The van der Waals surface area contributed by atoms with E-state index >= 15 is 0 Å². The molecule has 0 aliphatic carbocycles. The van der Waals surface area contributed by atoms with Crippen LogP contribution in [0.3, 0.4) is 0 Å². The number of aromatic amines is 1. The third kappa shape index (κ3) is 2.97. The molecule has 3 N–H and O–H groups in total. The van der Waals surface area contributed by atoms with Gasteiger partial charge in [0.25, 0.3) is 11.9 Å². The Kier molecular flexibility index (Phi) is 4.01. The van der Waals surface area contributed by atoms with E-state index in [0.717, 1.165) is 5.56 Å². The summed E-state index contributed by atoms with van der Waals surface area (Å²) >= 11 is 0. The summed E-state index contributed by atoms with van der Waals surface area (Å²) in [6, 6.07) is 6.45. The van der Waals surface area contributed by atoms with Gasteiger partial charge in [0.1, 0.15) is 5.69 Å². The Morgan fingerprint density at radius 3 is 2.58 bits per heavy atom. The number of aliphatic imine (C=N–C) groups is 1. The third-order valence-corrected chi connectivity index (χ3v) is 3.27. The van der Waals surface area contributed by atoms with E-state index in [-0.39, 0.29) is 6.02 Å². The largest absolute Gasteiger partial charge is 0.468 e. The number of H-pyrrole nitrogens is 1. The van der Waals surface area contributed by atoms with E-state index in [1.807, 2.05) is 0 Å². The predicted molar refractivity (Wildman–Crippen MR) is 81.5 cm³/mol. The van der Waals surface area contributed by atoms with Gasteiger partial charge in [-0.15, -0.1) is 0 Å². The van der Waals surface area contributed by atoms with Crippen LogP contribution in [0.4, 0.5) is 5.69 Å². The lowest BCUT2D eigenvalue weighted by molar-refractivity contribution is -0.139. The number of hydrogen-bond donors (Lipinski definition) is 3. The molecule has 122 valence electrons. The average molecular weight is 328 g/mol. The summed E-state index contributed by atoms with van der Waals surface area (Å²) in [4.78, 5) is 39.3. The Hall–Kier alpha value is -3.56. The normalized spacial score (nSPS) is 17.0. The molecule has 24 heavy (non-hydrogen) atoms. The minimum Gasteiger partial charge on any atom is -0.468 e. The van der Waals surface area contributed by atoms with Crippen LogP contribution in [-0.2, 0) is 19.1 Å². The lowest BCUT2D eigenvalue weighted by Gasteiger charge is -2.18. The first kappa shape index (κ1) is 15.3. The molecule has 1 unspecified atom stereocenters. The van der Waals surface area contributed by atoms with Crippen LogP contribution >= 0.6 is 0 Å². The van der Waals surface area contributed by atoms with Crippen molar-refractivity contribution in [3.8, 4) is 11.3 Å². The second-order valence-electron chi connectivity index (χ2n) is 4.80. The van der Waals surface area contributed by atoms with E-state index in [1.165, 1.54) is 7.11 Å². The standard InChI is InChI=1S/C14H12N6O4/c1-24-14-17-12(22)10(13(23)18-14)11(21)16-8-4-2-7(3-5-8)9-6-15-20-19-9/h2-6,10H,1H3,(H,16,21)(H,15,19,20)(H,17,18,22,23). The second kappa shape index (κ2) is 6.28. The van der Waals surface area contributed by atoms with Crippen LogP contribution in [0.15, 0.2) is 35.5 Å². The molecule has 1 aromatic heterocycles. The highest BCUT2D eigenvalue weighted by atomic mass is 16.5. The fraction of sp³-hybridized carbons (Fsp3) is 0.143. The first-order valence-corrected chi connectivity index (χ1v) is 6.83. The Balaban J connectivity index is 1.72. The van der Waals surface area contributed by atoms with E-state index in [9.17, 15) is 14.4 Å². The maximum absolute atomic E-state index is 12.2. The van der Waals surface area contributed by atoms with Gasteiger partial charge in [-0.05, 0) is 12.1 Å². The number of amides is 3. The molecule has 2 heterocycles. The van der Waals surface area contributed by atoms with Gasteiger partial charge in [-0.25, -0.2) is 0 Å². The maximum atomic E-state index is 12.2. The highest BCUT2D eigenvalue weighted by Gasteiger charge is 2.38. The fourth-order valence-corrected chi connectivity index (χ4v) is 2.09. The monoisotopic (exact) mass is 328 g/mol. The van der Waals surface area contributed by atoms with Gasteiger partial charge in [0, 0.05) is 11.3 Å². The van der Waals surface area contributed by atoms with Crippen molar-refractivity contribution in [1.29, 1.82) is 0 Å². The molecule has 1 aliphatic rings. The van der Waals surface area contributed by atoms with Crippen LogP contribution in [-0.4, -0.2) is 46.3 Å². The van der Waals surface area contributed by atoms with Crippen LogP contribution in [0.25, 0.3) is 11.3 Å². The summed E-state index contributed by atoms with van der Waals surface area (Å²) in [7, 11) is 1.25. The summed E-state index contributed by atoms with van der Waals surface area (Å²) in [6.45, 7) is 0. The van der Waals surface area contributed by atoms with Gasteiger partial charge in [0.05, 0.1) is 13.3 Å². The van der Waals surface area contributed by atoms with Gasteiger partial charge in [0.15, 0.2) is 5.92 Å². The number of hydrogen-bond acceptors (Lipinski definition) is 6. The van der Waals surface area contributed by atoms with Gasteiger partial charge in [-0.1, -0.05) is 12.1 Å².